The molecule has 24 heavy (non-hydrogen) atoms. The van der Waals surface area contributed by atoms with Crippen LogP contribution in [0, 0.1) is 0 Å². The van der Waals surface area contributed by atoms with Crippen LogP contribution in [0.1, 0.15) is 24.7 Å². The number of anilines is 1. The van der Waals surface area contributed by atoms with Crippen LogP contribution >= 0.6 is 0 Å². The number of nitrogens with zero attached hydrogens (tertiary/aromatic N) is 5. The quantitative estimate of drug-likeness (QED) is 0.788. The molecule has 2 amide bonds. The van der Waals surface area contributed by atoms with Crippen LogP contribution < -0.4 is 5.32 Å². The Morgan fingerprint density at radius 2 is 2.12 bits per heavy atom. The third-order valence-corrected chi connectivity index (χ3v) is 4.70. The molecule has 1 unspecified atom stereocenters. The first kappa shape index (κ1) is 14.7. The number of benzene rings is 1. The molecule has 124 valence electrons. The number of fused-ring (bicyclic) bond motifs is 1. The predicted molar refractivity (Wildman–Crippen MR) is 91.6 cm³/mol. The van der Waals surface area contributed by atoms with E-state index in [0.29, 0.717) is 0 Å². The number of nitrogens with one attached hydrogen (secondary N) is 1. The Morgan fingerprint density at radius 1 is 1.25 bits per heavy atom. The summed E-state index contributed by atoms with van der Waals surface area (Å²) in [7, 11) is 3.91. The minimum Gasteiger partial charge on any atom is -0.350 e. The van der Waals surface area contributed by atoms with Crippen molar-refractivity contribution in [3.05, 3.63) is 42.6 Å². The van der Waals surface area contributed by atoms with Crippen molar-refractivity contribution in [3.63, 3.8) is 0 Å². The molecule has 0 saturated carbocycles. The van der Waals surface area contributed by atoms with Crippen molar-refractivity contribution < 1.29 is 4.79 Å². The largest absolute Gasteiger partial charge is 0.350 e. The zero-order chi connectivity index (χ0) is 16.7. The molecule has 3 aromatic rings. The van der Waals surface area contributed by atoms with Crippen molar-refractivity contribution in [3.8, 4) is 0 Å². The maximum absolute atomic E-state index is 12.7. The average molecular weight is 324 g/mol. The molecule has 4 rings (SSSR count). The van der Waals surface area contributed by atoms with E-state index >= 15 is 0 Å². The van der Waals surface area contributed by atoms with Crippen molar-refractivity contribution in [1.82, 2.24) is 24.2 Å². The lowest BCUT2D eigenvalue weighted by atomic mass is 10.2. The Labute approximate surface area is 139 Å². The lowest BCUT2D eigenvalue weighted by Crippen LogP contribution is -2.35. The minimum atomic E-state index is -0.0888. The first-order chi connectivity index (χ1) is 11.6. The standard InChI is InChI=1S/C17H20N6O/c1-21-9-7-12-5-6-13(10-15(12)21)19-17(24)23-8-3-4-14(23)16-20-18-11-22(16)2/h5-7,9-11,14H,3-4,8H2,1-2H3,(H,19,24). The summed E-state index contributed by atoms with van der Waals surface area (Å²) in [6.07, 6.45) is 5.58. The number of rotatable bonds is 2. The van der Waals surface area contributed by atoms with Crippen LogP contribution in [0.25, 0.3) is 10.9 Å². The Hall–Kier alpha value is -2.83. The van der Waals surface area contributed by atoms with Crippen LogP contribution in [-0.2, 0) is 14.1 Å². The maximum Gasteiger partial charge on any atom is 0.322 e. The molecule has 3 heterocycles. The SMILES string of the molecule is Cn1cnnc1C1CCCN1C(=O)Nc1ccc2ccn(C)c2c1. The molecule has 1 aromatic carbocycles. The highest BCUT2D eigenvalue weighted by Gasteiger charge is 2.32. The number of carbonyl (C=O) groups excluding carboxylic acids is 1. The number of aryl methyl sites for hydroxylation is 2. The second-order valence-electron chi connectivity index (χ2n) is 6.28. The molecule has 2 aromatic heterocycles. The Balaban J connectivity index is 1.56. The summed E-state index contributed by atoms with van der Waals surface area (Å²) in [4.78, 5) is 14.6. The normalized spacial score (nSPS) is 17.6. The summed E-state index contributed by atoms with van der Waals surface area (Å²) in [6, 6.07) is 7.92. The number of hydrogen-bond acceptors (Lipinski definition) is 3. The van der Waals surface area contributed by atoms with Crippen molar-refractivity contribution in [2.24, 2.45) is 14.1 Å². The zero-order valence-corrected chi connectivity index (χ0v) is 13.8. The lowest BCUT2D eigenvalue weighted by Gasteiger charge is -2.24. The molecule has 1 saturated heterocycles. The maximum atomic E-state index is 12.7. The smallest absolute Gasteiger partial charge is 0.322 e. The van der Waals surface area contributed by atoms with Crippen LogP contribution in [0.2, 0.25) is 0 Å². The molecule has 0 radical (unpaired) electrons. The van der Waals surface area contributed by atoms with Crippen LogP contribution in [0.5, 0.6) is 0 Å². The first-order valence-electron chi connectivity index (χ1n) is 8.10. The average Bonchev–Trinajstić information content (AvgIpc) is 3.28. The number of amides is 2. The van der Waals surface area contributed by atoms with Gasteiger partial charge in [-0.25, -0.2) is 4.79 Å². The molecule has 1 N–H and O–H groups in total. The van der Waals surface area contributed by atoms with Gasteiger partial charge in [-0.3, -0.25) is 0 Å². The monoisotopic (exact) mass is 324 g/mol. The number of aromatic nitrogens is 4. The molecule has 0 spiro atoms. The van der Waals surface area contributed by atoms with Crippen molar-refractivity contribution in [1.29, 1.82) is 0 Å². The van der Waals surface area contributed by atoms with Gasteiger partial charge in [-0.05, 0) is 36.4 Å². The van der Waals surface area contributed by atoms with Gasteiger partial charge in [0.05, 0.1) is 6.04 Å². The van der Waals surface area contributed by atoms with Gasteiger partial charge in [0.25, 0.3) is 0 Å². The Kier molecular flexibility index (Phi) is 3.48. The number of carbonyl (C=O) groups is 1. The molecule has 1 aliphatic rings. The van der Waals surface area contributed by atoms with Crippen LogP contribution in [0.4, 0.5) is 10.5 Å². The molecular formula is C17H20N6O. The summed E-state index contributed by atoms with van der Waals surface area (Å²) in [5, 5.41) is 12.3. The Bertz CT molecular complexity index is 896. The highest BCUT2D eigenvalue weighted by atomic mass is 16.2. The third-order valence-electron chi connectivity index (χ3n) is 4.70. The minimum absolute atomic E-state index is 0.0173. The van der Waals surface area contributed by atoms with Gasteiger partial charge in [-0.15, -0.1) is 10.2 Å². The second kappa shape index (κ2) is 5.67. The number of hydrogen-bond donors (Lipinski definition) is 1. The zero-order valence-electron chi connectivity index (χ0n) is 13.8. The van der Waals surface area contributed by atoms with Gasteiger partial charge >= 0.3 is 6.03 Å². The fourth-order valence-electron chi connectivity index (χ4n) is 3.41. The van der Waals surface area contributed by atoms with E-state index in [1.54, 1.807) is 6.33 Å². The fourth-order valence-corrected chi connectivity index (χ4v) is 3.41. The van der Waals surface area contributed by atoms with Gasteiger partial charge in [0.2, 0.25) is 0 Å². The summed E-state index contributed by atoms with van der Waals surface area (Å²) in [5.74, 6) is 0.834. The molecule has 7 heteroatoms. The molecule has 1 atom stereocenters. The van der Waals surface area contributed by atoms with E-state index < -0.39 is 0 Å². The molecule has 7 nitrogen and oxygen atoms in total. The molecule has 1 aliphatic heterocycles. The van der Waals surface area contributed by atoms with Crippen LogP contribution in [0.15, 0.2) is 36.8 Å². The van der Waals surface area contributed by atoms with E-state index in [9.17, 15) is 4.79 Å². The van der Waals surface area contributed by atoms with E-state index in [0.717, 1.165) is 41.8 Å². The van der Waals surface area contributed by atoms with Gasteiger partial charge in [-0.1, -0.05) is 6.07 Å². The van der Waals surface area contributed by atoms with Crippen molar-refractivity contribution in [2.75, 3.05) is 11.9 Å². The van der Waals surface area contributed by atoms with E-state index in [2.05, 4.69) is 21.6 Å². The van der Waals surface area contributed by atoms with Gasteiger partial charge in [0.1, 0.15) is 6.33 Å². The van der Waals surface area contributed by atoms with Crippen molar-refractivity contribution >= 4 is 22.6 Å². The van der Waals surface area contributed by atoms with Gasteiger partial charge in [0, 0.05) is 38.0 Å². The lowest BCUT2D eigenvalue weighted by molar-refractivity contribution is 0.204. The van der Waals surface area contributed by atoms with E-state index in [4.69, 9.17) is 0 Å². The summed E-state index contributed by atoms with van der Waals surface area (Å²) >= 11 is 0. The summed E-state index contributed by atoms with van der Waals surface area (Å²) in [6.45, 7) is 0.732. The van der Waals surface area contributed by atoms with Gasteiger partial charge in [0.15, 0.2) is 5.82 Å². The second-order valence-corrected chi connectivity index (χ2v) is 6.28. The van der Waals surface area contributed by atoms with Gasteiger partial charge in [-0.2, -0.15) is 0 Å². The molecule has 1 fully saturated rings. The first-order valence-corrected chi connectivity index (χ1v) is 8.10. The molecule has 0 aliphatic carbocycles. The fraction of sp³-hybridized carbons (Fsp3) is 0.353. The Morgan fingerprint density at radius 3 is 2.92 bits per heavy atom. The van der Waals surface area contributed by atoms with Crippen molar-refractivity contribution in [2.45, 2.75) is 18.9 Å². The number of urea groups is 1. The van der Waals surface area contributed by atoms with E-state index in [-0.39, 0.29) is 12.1 Å². The molecule has 0 bridgehead atoms. The van der Waals surface area contributed by atoms with Gasteiger partial charge < -0.3 is 19.4 Å². The molecular weight excluding hydrogens is 304 g/mol. The van der Waals surface area contributed by atoms with E-state index in [1.807, 2.05) is 52.5 Å². The van der Waals surface area contributed by atoms with Crippen LogP contribution in [-0.4, -0.2) is 36.8 Å². The third kappa shape index (κ3) is 2.42. The number of likely N-dealkylation sites (tertiary alicyclic amines) is 1. The predicted octanol–water partition coefficient (Wildman–Crippen LogP) is 2.68. The van der Waals surface area contributed by atoms with Crippen LogP contribution in [0.3, 0.4) is 0 Å². The highest BCUT2D eigenvalue weighted by Crippen LogP contribution is 2.31. The topological polar surface area (TPSA) is 68.0 Å². The highest BCUT2D eigenvalue weighted by molar-refractivity contribution is 5.93. The van der Waals surface area contributed by atoms with E-state index in [1.165, 1.54) is 0 Å². The summed E-state index contributed by atoms with van der Waals surface area (Å²) < 4.78 is 3.93. The summed E-state index contributed by atoms with van der Waals surface area (Å²) in [5.41, 5.74) is 1.90.